The maximum Gasteiger partial charge on any atom is 0.255 e. The third-order valence-electron chi connectivity index (χ3n) is 2.91. The van der Waals surface area contributed by atoms with Crippen molar-refractivity contribution < 1.29 is 9.59 Å². The van der Waals surface area contributed by atoms with Crippen molar-refractivity contribution in [1.29, 1.82) is 0 Å². The molecule has 20 heavy (non-hydrogen) atoms. The van der Waals surface area contributed by atoms with E-state index >= 15 is 0 Å². The Kier molecular flexibility index (Phi) is 3.84. The number of hydrogen-bond acceptors (Lipinski definition) is 3. The first-order valence-corrected chi connectivity index (χ1v) is 6.25. The average molecular weight is 268 g/mol. The van der Waals surface area contributed by atoms with Gasteiger partial charge in [-0.2, -0.15) is 0 Å². The van der Waals surface area contributed by atoms with Gasteiger partial charge in [0.1, 0.15) is 0 Å². The van der Waals surface area contributed by atoms with Crippen LogP contribution in [0.2, 0.25) is 0 Å². The zero-order valence-electron chi connectivity index (χ0n) is 11.4. The van der Waals surface area contributed by atoms with E-state index in [0.29, 0.717) is 22.5 Å². The molecule has 0 radical (unpaired) electrons. The molecule has 102 valence electrons. The Hall–Kier alpha value is -2.62. The summed E-state index contributed by atoms with van der Waals surface area (Å²) in [6.07, 6.45) is 0. The fraction of sp³-hybridized carbons (Fsp3) is 0.125. The first kappa shape index (κ1) is 13.8. The van der Waals surface area contributed by atoms with Crippen LogP contribution >= 0.6 is 0 Å². The number of Topliss-reactive ketones (excluding diaryl/α,β-unsaturated/α-hetero) is 1. The molecule has 0 saturated heterocycles. The summed E-state index contributed by atoms with van der Waals surface area (Å²) < 4.78 is 0. The molecule has 4 nitrogen and oxygen atoms in total. The second-order valence-electron chi connectivity index (χ2n) is 4.72. The summed E-state index contributed by atoms with van der Waals surface area (Å²) in [5.74, 6) is -0.231. The number of carbonyl (C=O) groups excluding carboxylic acids is 2. The van der Waals surface area contributed by atoms with E-state index < -0.39 is 0 Å². The van der Waals surface area contributed by atoms with Crippen molar-refractivity contribution >= 4 is 23.1 Å². The van der Waals surface area contributed by atoms with Gasteiger partial charge in [0.05, 0.1) is 0 Å². The van der Waals surface area contributed by atoms with Gasteiger partial charge < -0.3 is 11.1 Å². The fourth-order valence-corrected chi connectivity index (χ4v) is 1.94. The quantitative estimate of drug-likeness (QED) is 0.664. The molecule has 0 aliphatic heterocycles. The van der Waals surface area contributed by atoms with Gasteiger partial charge in [-0.15, -0.1) is 0 Å². The van der Waals surface area contributed by atoms with Gasteiger partial charge in [-0.05, 0) is 61.9 Å². The van der Waals surface area contributed by atoms with E-state index in [2.05, 4.69) is 5.32 Å². The van der Waals surface area contributed by atoms with Crippen LogP contribution in [0.5, 0.6) is 0 Å². The minimum Gasteiger partial charge on any atom is -0.399 e. The summed E-state index contributed by atoms with van der Waals surface area (Å²) in [5.41, 5.74) is 8.98. The monoisotopic (exact) mass is 268 g/mol. The molecule has 0 atom stereocenters. The number of nitrogens with two attached hydrogens (primary N) is 1. The first-order chi connectivity index (χ1) is 9.45. The molecule has 0 aromatic heterocycles. The molecule has 2 aromatic carbocycles. The molecule has 1 amide bonds. The molecule has 0 unspecified atom stereocenters. The highest BCUT2D eigenvalue weighted by Crippen LogP contribution is 2.15. The highest BCUT2D eigenvalue weighted by Gasteiger charge is 2.08. The number of amides is 1. The maximum absolute atomic E-state index is 12.1. The Morgan fingerprint density at radius 2 is 1.65 bits per heavy atom. The lowest BCUT2D eigenvalue weighted by molar-refractivity contribution is 0.101. The lowest BCUT2D eigenvalue weighted by Gasteiger charge is -2.07. The van der Waals surface area contributed by atoms with Crippen molar-refractivity contribution in [3.05, 3.63) is 59.2 Å². The van der Waals surface area contributed by atoms with Gasteiger partial charge in [0.25, 0.3) is 5.91 Å². The van der Waals surface area contributed by atoms with E-state index in [1.807, 2.05) is 6.92 Å². The average Bonchev–Trinajstić information content (AvgIpc) is 2.38. The number of nitrogens with one attached hydrogen (secondary N) is 1. The number of carbonyl (C=O) groups is 2. The molecule has 0 heterocycles. The van der Waals surface area contributed by atoms with Crippen LogP contribution in [-0.2, 0) is 0 Å². The summed E-state index contributed by atoms with van der Waals surface area (Å²) in [6.45, 7) is 3.39. The summed E-state index contributed by atoms with van der Waals surface area (Å²) >= 11 is 0. The van der Waals surface area contributed by atoms with Crippen LogP contribution < -0.4 is 11.1 Å². The molecule has 0 saturated carbocycles. The molecule has 0 aliphatic rings. The zero-order valence-corrected chi connectivity index (χ0v) is 11.4. The first-order valence-electron chi connectivity index (χ1n) is 6.25. The Morgan fingerprint density at radius 3 is 2.20 bits per heavy atom. The predicted molar refractivity (Wildman–Crippen MR) is 80.0 cm³/mol. The van der Waals surface area contributed by atoms with Gasteiger partial charge in [-0.1, -0.05) is 0 Å². The smallest absolute Gasteiger partial charge is 0.255 e. The van der Waals surface area contributed by atoms with Crippen LogP contribution in [0.3, 0.4) is 0 Å². The Morgan fingerprint density at radius 1 is 1.00 bits per heavy atom. The summed E-state index contributed by atoms with van der Waals surface area (Å²) in [4.78, 5) is 23.3. The molecule has 0 bridgehead atoms. The third-order valence-corrected chi connectivity index (χ3v) is 2.91. The molecule has 2 aromatic rings. The van der Waals surface area contributed by atoms with E-state index in [4.69, 9.17) is 5.73 Å². The lowest BCUT2D eigenvalue weighted by atomic mass is 10.1. The van der Waals surface area contributed by atoms with E-state index in [-0.39, 0.29) is 11.7 Å². The SMILES string of the molecule is CC(=O)c1ccc(NC(=O)c2cc(C)cc(N)c2)cc1. The van der Waals surface area contributed by atoms with E-state index in [9.17, 15) is 9.59 Å². The second kappa shape index (κ2) is 5.57. The fourth-order valence-electron chi connectivity index (χ4n) is 1.94. The number of hydrogen-bond donors (Lipinski definition) is 2. The van der Waals surface area contributed by atoms with Crippen LogP contribution in [-0.4, -0.2) is 11.7 Å². The van der Waals surface area contributed by atoms with Gasteiger partial charge in [-0.25, -0.2) is 0 Å². The molecule has 0 spiro atoms. The van der Waals surface area contributed by atoms with Gasteiger partial charge in [-0.3, -0.25) is 9.59 Å². The van der Waals surface area contributed by atoms with E-state index in [0.717, 1.165) is 5.56 Å². The zero-order chi connectivity index (χ0) is 14.7. The number of benzene rings is 2. The molecule has 3 N–H and O–H groups in total. The maximum atomic E-state index is 12.1. The van der Waals surface area contributed by atoms with Gasteiger partial charge in [0, 0.05) is 22.5 Å². The molecule has 0 aliphatic carbocycles. The minimum atomic E-state index is -0.226. The number of aryl methyl sites for hydroxylation is 1. The highest BCUT2D eigenvalue weighted by atomic mass is 16.1. The number of anilines is 2. The largest absolute Gasteiger partial charge is 0.399 e. The van der Waals surface area contributed by atoms with Gasteiger partial charge >= 0.3 is 0 Å². The standard InChI is InChI=1S/C16H16N2O2/c1-10-7-13(9-14(17)8-10)16(20)18-15-5-3-12(4-6-15)11(2)19/h3-9H,17H2,1-2H3,(H,18,20). The summed E-state index contributed by atoms with van der Waals surface area (Å²) in [6, 6.07) is 12.0. The second-order valence-corrected chi connectivity index (χ2v) is 4.72. The van der Waals surface area contributed by atoms with Gasteiger partial charge in [0.2, 0.25) is 0 Å². The molecule has 2 rings (SSSR count). The molecular weight excluding hydrogens is 252 g/mol. The van der Waals surface area contributed by atoms with Crippen LogP contribution in [0.4, 0.5) is 11.4 Å². The summed E-state index contributed by atoms with van der Waals surface area (Å²) in [7, 11) is 0. The van der Waals surface area contributed by atoms with Crippen molar-refractivity contribution in [3.63, 3.8) is 0 Å². The third kappa shape index (κ3) is 3.23. The van der Waals surface area contributed by atoms with Crippen LogP contribution in [0, 0.1) is 6.92 Å². The number of ketones is 1. The Balaban J connectivity index is 2.16. The van der Waals surface area contributed by atoms with Crippen molar-refractivity contribution in [1.82, 2.24) is 0 Å². The van der Waals surface area contributed by atoms with Gasteiger partial charge in [0.15, 0.2) is 5.78 Å². The van der Waals surface area contributed by atoms with Crippen molar-refractivity contribution in [3.8, 4) is 0 Å². The Labute approximate surface area is 117 Å². The lowest BCUT2D eigenvalue weighted by Crippen LogP contribution is -2.12. The van der Waals surface area contributed by atoms with Crippen molar-refractivity contribution in [2.75, 3.05) is 11.1 Å². The van der Waals surface area contributed by atoms with Crippen LogP contribution in [0.15, 0.2) is 42.5 Å². The minimum absolute atomic E-state index is 0.00525. The number of nitrogen functional groups attached to an aromatic ring is 1. The Bertz CT molecular complexity index is 640. The van der Waals surface area contributed by atoms with Crippen molar-refractivity contribution in [2.45, 2.75) is 13.8 Å². The molecular formula is C16H16N2O2. The normalized spacial score (nSPS) is 10.1. The number of rotatable bonds is 3. The predicted octanol–water partition coefficient (Wildman–Crippen LogP) is 3.03. The van der Waals surface area contributed by atoms with Crippen molar-refractivity contribution in [2.24, 2.45) is 0 Å². The van der Waals surface area contributed by atoms with E-state index in [1.165, 1.54) is 6.92 Å². The molecule has 0 fully saturated rings. The summed E-state index contributed by atoms with van der Waals surface area (Å²) in [5, 5.41) is 2.77. The van der Waals surface area contributed by atoms with Crippen LogP contribution in [0.25, 0.3) is 0 Å². The topological polar surface area (TPSA) is 72.2 Å². The molecule has 4 heteroatoms. The van der Waals surface area contributed by atoms with E-state index in [1.54, 1.807) is 42.5 Å². The highest BCUT2D eigenvalue weighted by molar-refractivity contribution is 6.05. The van der Waals surface area contributed by atoms with Crippen LogP contribution in [0.1, 0.15) is 33.2 Å².